The van der Waals surface area contributed by atoms with Crippen molar-refractivity contribution in [3.8, 4) is 0 Å². The highest BCUT2D eigenvalue weighted by atomic mass is 17.2. The third-order valence-electron chi connectivity index (χ3n) is 5.33. The molecular weight excluding hydrogens is 384 g/mol. The highest BCUT2D eigenvalue weighted by Crippen LogP contribution is 2.25. The molecule has 1 saturated carbocycles. The van der Waals surface area contributed by atoms with Crippen molar-refractivity contribution in [2.24, 2.45) is 0 Å². The van der Waals surface area contributed by atoms with Crippen molar-refractivity contribution in [2.75, 3.05) is 0 Å². The molecule has 2 aromatic carbocycles. The second-order valence-electron chi connectivity index (χ2n) is 7.40. The third kappa shape index (κ3) is 5.90. The van der Waals surface area contributed by atoms with E-state index in [2.05, 4.69) is 0 Å². The number of rotatable bonds is 8. The van der Waals surface area contributed by atoms with Crippen molar-refractivity contribution in [2.45, 2.75) is 64.6 Å². The fraction of sp³-hybridized carbons (Fsp3) is 0.417. The number of aryl methyl sites for hydroxylation is 2. The molecule has 1 aliphatic carbocycles. The van der Waals surface area contributed by atoms with Crippen LogP contribution in [0, 0.1) is 0 Å². The average molecular weight is 412 g/mol. The molecule has 6 nitrogen and oxygen atoms in total. The van der Waals surface area contributed by atoms with E-state index < -0.39 is 24.1 Å². The molecule has 0 aliphatic heterocycles. The van der Waals surface area contributed by atoms with Gasteiger partial charge < -0.3 is 0 Å². The van der Waals surface area contributed by atoms with Gasteiger partial charge in [0.2, 0.25) is 0 Å². The van der Waals surface area contributed by atoms with Crippen LogP contribution in [0.15, 0.2) is 48.5 Å². The summed E-state index contributed by atoms with van der Waals surface area (Å²) in [7, 11) is 0. The maximum absolute atomic E-state index is 12.2. The molecule has 2 atom stereocenters. The summed E-state index contributed by atoms with van der Waals surface area (Å²) in [6, 6.07) is 14.4. The van der Waals surface area contributed by atoms with Crippen LogP contribution in [-0.2, 0) is 32.4 Å². The van der Waals surface area contributed by atoms with Crippen molar-refractivity contribution in [3.63, 3.8) is 0 Å². The first-order chi connectivity index (χ1) is 14.6. The van der Waals surface area contributed by atoms with Gasteiger partial charge in [-0.15, -0.1) is 0 Å². The van der Waals surface area contributed by atoms with Crippen LogP contribution < -0.4 is 0 Å². The minimum Gasteiger partial charge on any atom is -0.292 e. The molecular formula is C24H28O6. The molecule has 0 spiro atoms. The smallest absolute Gasteiger partial charge is 0.292 e. The predicted octanol–water partition coefficient (Wildman–Crippen LogP) is 5.00. The molecule has 160 valence electrons. The molecule has 0 radical (unpaired) electrons. The zero-order chi connectivity index (χ0) is 21.3. The maximum atomic E-state index is 12.2. The molecule has 0 saturated heterocycles. The molecule has 0 aromatic heterocycles. The Balaban J connectivity index is 1.51. The van der Waals surface area contributed by atoms with Gasteiger partial charge in [-0.2, -0.15) is 9.78 Å². The van der Waals surface area contributed by atoms with Crippen LogP contribution in [-0.4, -0.2) is 24.1 Å². The topological polar surface area (TPSA) is 71.1 Å². The summed E-state index contributed by atoms with van der Waals surface area (Å²) in [6.45, 7) is 4.10. The molecule has 3 rings (SSSR count). The lowest BCUT2D eigenvalue weighted by Crippen LogP contribution is -2.36. The monoisotopic (exact) mass is 412 g/mol. The molecule has 2 unspecified atom stereocenters. The summed E-state index contributed by atoms with van der Waals surface area (Å²) < 4.78 is 0. The average Bonchev–Trinajstić information content (AvgIpc) is 2.81. The summed E-state index contributed by atoms with van der Waals surface area (Å²) >= 11 is 0. The fourth-order valence-electron chi connectivity index (χ4n) is 3.34. The number of carbonyl (C=O) groups excluding carboxylic acids is 2. The lowest BCUT2D eigenvalue weighted by molar-refractivity contribution is -0.352. The Bertz CT molecular complexity index is 756. The van der Waals surface area contributed by atoms with Crippen LogP contribution >= 0.6 is 0 Å². The molecule has 2 aromatic rings. The zero-order valence-corrected chi connectivity index (χ0v) is 17.5. The molecule has 0 heterocycles. The van der Waals surface area contributed by atoms with E-state index in [0.29, 0.717) is 24.0 Å². The molecule has 1 aliphatic rings. The maximum Gasteiger partial charge on any atom is 0.373 e. The van der Waals surface area contributed by atoms with Gasteiger partial charge in [0.15, 0.2) is 0 Å². The highest BCUT2D eigenvalue weighted by Gasteiger charge is 2.31. The summed E-state index contributed by atoms with van der Waals surface area (Å²) in [5, 5.41) is 0. The van der Waals surface area contributed by atoms with Gasteiger partial charge in [-0.05, 0) is 61.1 Å². The summed E-state index contributed by atoms with van der Waals surface area (Å²) in [6.07, 6.45) is 3.94. The first kappa shape index (κ1) is 22.0. The van der Waals surface area contributed by atoms with E-state index in [0.717, 1.165) is 36.8 Å². The molecule has 0 amide bonds. The Morgan fingerprint density at radius 3 is 1.40 bits per heavy atom. The van der Waals surface area contributed by atoms with Gasteiger partial charge in [-0.1, -0.05) is 51.0 Å². The normalized spacial score (nSPS) is 18.6. The first-order valence-corrected chi connectivity index (χ1v) is 10.5. The van der Waals surface area contributed by atoms with E-state index >= 15 is 0 Å². The van der Waals surface area contributed by atoms with Crippen molar-refractivity contribution < 1.29 is 29.1 Å². The molecule has 6 heteroatoms. The lowest BCUT2D eigenvalue weighted by Gasteiger charge is -2.28. The quantitative estimate of drug-likeness (QED) is 0.449. The van der Waals surface area contributed by atoms with Crippen molar-refractivity contribution >= 4 is 11.9 Å². The fourth-order valence-corrected chi connectivity index (χ4v) is 3.34. The number of benzene rings is 2. The second-order valence-corrected chi connectivity index (χ2v) is 7.40. The number of hydrogen-bond acceptors (Lipinski definition) is 6. The van der Waals surface area contributed by atoms with Crippen molar-refractivity contribution in [3.05, 3.63) is 70.8 Å². The van der Waals surface area contributed by atoms with E-state index in [1.165, 1.54) is 0 Å². The van der Waals surface area contributed by atoms with E-state index in [1.807, 2.05) is 38.1 Å². The molecule has 30 heavy (non-hydrogen) atoms. The van der Waals surface area contributed by atoms with Gasteiger partial charge in [0.05, 0.1) is 11.1 Å². The molecule has 1 fully saturated rings. The zero-order valence-electron chi connectivity index (χ0n) is 17.5. The standard InChI is InChI=1S/C24H28O6/c1-3-17-9-13-19(14-10-17)23(25)29-27-21-7-5-6-8-22(21)28-30-24(26)20-15-11-18(4-2)12-16-20/h9-16,21-22H,3-8H2,1-2H3. The Morgan fingerprint density at radius 2 is 1.07 bits per heavy atom. The summed E-state index contributed by atoms with van der Waals surface area (Å²) in [5.74, 6) is -1.12. The summed E-state index contributed by atoms with van der Waals surface area (Å²) in [4.78, 5) is 45.2. The SMILES string of the molecule is CCc1ccc(C(=O)OOC2CCCCC2OOC(=O)c2ccc(CC)cc2)cc1. The predicted molar refractivity (Wildman–Crippen MR) is 111 cm³/mol. The van der Waals surface area contributed by atoms with E-state index in [1.54, 1.807) is 24.3 Å². The van der Waals surface area contributed by atoms with Gasteiger partial charge in [0.25, 0.3) is 0 Å². The van der Waals surface area contributed by atoms with E-state index in [9.17, 15) is 9.59 Å². The van der Waals surface area contributed by atoms with Gasteiger partial charge in [0, 0.05) is 0 Å². The van der Waals surface area contributed by atoms with Gasteiger partial charge in [-0.3, -0.25) is 9.78 Å². The van der Waals surface area contributed by atoms with Crippen LogP contribution in [0.3, 0.4) is 0 Å². The van der Waals surface area contributed by atoms with Crippen molar-refractivity contribution in [1.29, 1.82) is 0 Å². The largest absolute Gasteiger partial charge is 0.373 e. The minimum atomic E-state index is -0.560. The minimum absolute atomic E-state index is 0.419. The van der Waals surface area contributed by atoms with Crippen LogP contribution in [0.1, 0.15) is 71.4 Å². The highest BCUT2D eigenvalue weighted by molar-refractivity contribution is 5.89. The van der Waals surface area contributed by atoms with Gasteiger partial charge in [-0.25, -0.2) is 9.59 Å². The Morgan fingerprint density at radius 1 is 0.700 bits per heavy atom. The van der Waals surface area contributed by atoms with E-state index in [-0.39, 0.29) is 0 Å². The number of hydrogen-bond donors (Lipinski definition) is 0. The lowest BCUT2D eigenvalue weighted by atomic mass is 9.95. The van der Waals surface area contributed by atoms with Crippen LogP contribution in [0.4, 0.5) is 0 Å². The summed E-state index contributed by atoms with van der Waals surface area (Å²) in [5.41, 5.74) is 3.11. The number of carbonyl (C=O) groups is 2. The van der Waals surface area contributed by atoms with Crippen LogP contribution in [0.2, 0.25) is 0 Å². The Kier molecular flexibility index (Phi) is 7.99. The molecule has 0 N–H and O–H groups in total. The first-order valence-electron chi connectivity index (χ1n) is 10.5. The van der Waals surface area contributed by atoms with Crippen LogP contribution in [0.25, 0.3) is 0 Å². The third-order valence-corrected chi connectivity index (χ3v) is 5.33. The molecule has 0 bridgehead atoms. The second kappa shape index (κ2) is 10.9. The van der Waals surface area contributed by atoms with Crippen molar-refractivity contribution in [1.82, 2.24) is 0 Å². The van der Waals surface area contributed by atoms with Gasteiger partial charge >= 0.3 is 11.9 Å². The van der Waals surface area contributed by atoms with Gasteiger partial charge in [0.1, 0.15) is 12.2 Å². The van der Waals surface area contributed by atoms with Crippen LogP contribution in [0.5, 0.6) is 0 Å². The Labute approximate surface area is 176 Å². The Hall–Kier alpha value is -2.70. The van der Waals surface area contributed by atoms with E-state index in [4.69, 9.17) is 19.6 Å².